The van der Waals surface area contributed by atoms with Gasteiger partial charge in [0.2, 0.25) is 0 Å². The average Bonchev–Trinajstić information content (AvgIpc) is 2.64. The number of amides is 1. The number of anilines is 1. The van der Waals surface area contributed by atoms with Gasteiger partial charge in [-0.15, -0.1) is 0 Å². The Labute approximate surface area is 155 Å². The summed E-state index contributed by atoms with van der Waals surface area (Å²) < 4.78 is 37.6. The van der Waals surface area contributed by atoms with Crippen molar-refractivity contribution in [1.29, 1.82) is 0 Å². The van der Waals surface area contributed by atoms with Crippen LogP contribution in [-0.4, -0.2) is 30.7 Å². The molecular formula is C20H19F3N2O2. The number of carbonyl (C=O) groups excluding carboxylic acids is 1. The number of rotatable bonds is 5. The van der Waals surface area contributed by atoms with E-state index in [0.29, 0.717) is 11.1 Å². The molecule has 7 heteroatoms. The standard InChI is InChI=1S/C20H19F3N2O2/c1-14-17(19(27)25-12-13-26)5-2-6-18(14)24-11-3-4-15-7-9-16(10-8-15)20(21,22)23/h2,5-10,24,26H,11-13H2,1H3,(H,25,27). The molecule has 0 aliphatic rings. The number of carbonyl (C=O) groups is 1. The van der Waals surface area contributed by atoms with Crippen LogP contribution in [0.1, 0.15) is 27.0 Å². The fourth-order valence-electron chi connectivity index (χ4n) is 2.37. The highest BCUT2D eigenvalue weighted by molar-refractivity contribution is 5.97. The van der Waals surface area contributed by atoms with E-state index in [-0.39, 0.29) is 25.6 Å². The van der Waals surface area contributed by atoms with Crippen molar-refractivity contribution in [1.82, 2.24) is 5.32 Å². The topological polar surface area (TPSA) is 61.4 Å². The van der Waals surface area contributed by atoms with Gasteiger partial charge in [-0.3, -0.25) is 4.79 Å². The number of nitrogens with one attached hydrogen (secondary N) is 2. The number of hydrogen-bond acceptors (Lipinski definition) is 3. The Kier molecular flexibility index (Phi) is 6.85. The van der Waals surface area contributed by atoms with E-state index >= 15 is 0 Å². The van der Waals surface area contributed by atoms with Crippen molar-refractivity contribution in [2.24, 2.45) is 0 Å². The van der Waals surface area contributed by atoms with Crippen molar-refractivity contribution < 1.29 is 23.1 Å². The molecule has 0 spiro atoms. The molecule has 0 unspecified atom stereocenters. The quantitative estimate of drug-likeness (QED) is 0.703. The Balaban J connectivity index is 2.00. The minimum absolute atomic E-state index is 0.137. The Morgan fingerprint density at radius 3 is 2.48 bits per heavy atom. The van der Waals surface area contributed by atoms with E-state index in [1.54, 1.807) is 25.1 Å². The van der Waals surface area contributed by atoms with Crippen LogP contribution >= 0.6 is 0 Å². The molecule has 142 valence electrons. The lowest BCUT2D eigenvalue weighted by molar-refractivity contribution is -0.137. The first-order valence-corrected chi connectivity index (χ1v) is 8.21. The fraction of sp³-hybridized carbons (Fsp3) is 0.250. The van der Waals surface area contributed by atoms with Gasteiger partial charge in [-0.25, -0.2) is 0 Å². The molecule has 0 atom stereocenters. The van der Waals surface area contributed by atoms with Crippen LogP contribution in [0.25, 0.3) is 0 Å². The van der Waals surface area contributed by atoms with Gasteiger partial charge in [0.05, 0.1) is 18.7 Å². The summed E-state index contributed by atoms with van der Waals surface area (Å²) in [6, 6.07) is 9.86. The third-order valence-corrected chi connectivity index (χ3v) is 3.79. The van der Waals surface area contributed by atoms with E-state index in [1.807, 2.05) is 0 Å². The van der Waals surface area contributed by atoms with Crippen molar-refractivity contribution in [2.45, 2.75) is 13.1 Å². The van der Waals surface area contributed by atoms with Crippen LogP contribution in [0.5, 0.6) is 0 Å². The maximum Gasteiger partial charge on any atom is 0.416 e. The van der Waals surface area contributed by atoms with Crippen molar-refractivity contribution in [2.75, 3.05) is 25.0 Å². The lowest BCUT2D eigenvalue weighted by Crippen LogP contribution is -2.27. The molecule has 0 radical (unpaired) electrons. The van der Waals surface area contributed by atoms with Gasteiger partial charge in [-0.2, -0.15) is 13.2 Å². The molecule has 2 aromatic rings. The minimum Gasteiger partial charge on any atom is -0.395 e. The lowest BCUT2D eigenvalue weighted by atomic mass is 10.1. The maximum absolute atomic E-state index is 12.5. The number of aliphatic hydroxyl groups excluding tert-OH is 1. The van der Waals surface area contributed by atoms with Gasteiger partial charge < -0.3 is 15.7 Å². The molecule has 0 saturated carbocycles. The molecule has 1 amide bonds. The van der Waals surface area contributed by atoms with E-state index < -0.39 is 11.7 Å². The molecule has 2 rings (SSSR count). The van der Waals surface area contributed by atoms with E-state index in [9.17, 15) is 18.0 Å². The smallest absolute Gasteiger partial charge is 0.395 e. The van der Waals surface area contributed by atoms with Gasteiger partial charge in [0, 0.05) is 23.4 Å². The molecule has 3 N–H and O–H groups in total. The van der Waals surface area contributed by atoms with Crippen LogP contribution in [0.3, 0.4) is 0 Å². The average molecular weight is 376 g/mol. The molecular weight excluding hydrogens is 357 g/mol. The summed E-state index contributed by atoms with van der Waals surface area (Å²) in [5, 5.41) is 14.5. The van der Waals surface area contributed by atoms with Crippen LogP contribution in [-0.2, 0) is 6.18 Å². The summed E-state index contributed by atoms with van der Waals surface area (Å²) in [4.78, 5) is 12.0. The summed E-state index contributed by atoms with van der Waals surface area (Å²) in [5.41, 5.74) is 1.73. The van der Waals surface area contributed by atoms with Crippen molar-refractivity contribution in [3.05, 3.63) is 64.7 Å². The number of hydrogen-bond donors (Lipinski definition) is 3. The lowest BCUT2D eigenvalue weighted by Gasteiger charge is -2.11. The third-order valence-electron chi connectivity index (χ3n) is 3.79. The number of aliphatic hydroxyl groups is 1. The molecule has 0 aliphatic heterocycles. The van der Waals surface area contributed by atoms with Crippen LogP contribution in [0.2, 0.25) is 0 Å². The van der Waals surface area contributed by atoms with Crippen molar-refractivity contribution >= 4 is 11.6 Å². The number of benzene rings is 2. The van der Waals surface area contributed by atoms with Gasteiger partial charge >= 0.3 is 6.18 Å². The highest BCUT2D eigenvalue weighted by Crippen LogP contribution is 2.28. The summed E-state index contributed by atoms with van der Waals surface area (Å²) >= 11 is 0. The zero-order chi connectivity index (χ0) is 19.9. The minimum atomic E-state index is -4.36. The molecule has 0 heterocycles. The van der Waals surface area contributed by atoms with Crippen LogP contribution in [0, 0.1) is 18.8 Å². The predicted molar refractivity (Wildman–Crippen MR) is 97.4 cm³/mol. The second-order valence-corrected chi connectivity index (χ2v) is 5.69. The highest BCUT2D eigenvalue weighted by Gasteiger charge is 2.29. The van der Waals surface area contributed by atoms with Crippen molar-refractivity contribution in [3.8, 4) is 11.8 Å². The zero-order valence-corrected chi connectivity index (χ0v) is 14.7. The Morgan fingerprint density at radius 2 is 1.85 bits per heavy atom. The van der Waals surface area contributed by atoms with E-state index in [0.717, 1.165) is 23.4 Å². The zero-order valence-electron chi connectivity index (χ0n) is 14.7. The summed E-state index contributed by atoms with van der Waals surface area (Å²) in [7, 11) is 0. The molecule has 0 aromatic heterocycles. The Hall–Kier alpha value is -2.98. The number of halogens is 3. The first-order valence-electron chi connectivity index (χ1n) is 8.21. The third kappa shape index (κ3) is 5.76. The van der Waals surface area contributed by atoms with Crippen LogP contribution < -0.4 is 10.6 Å². The molecule has 0 aliphatic carbocycles. The molecule has 4 nitrogen and oxygen atoms in total. The van der Waals surface area contributed by atoms with Gasteiger partial charge in [0.15, 0.2) is 0 Å². The molecule has 0 saturated heterocycles. The van der Waals surface area contributed by atoms with Crippen molar-refractivity contribution in [3.63, 3.8) is 0 Å². The summed E-state index contributed by atoms with van der Waals surface area (Å²) in [5.74, 6) is 5.36. The van der Waals surface area contributed by atoms with Crippen LogP contribution in [0.4, 0.5) is 18.9 Å². The van der Waals surface area contributed by atoms with Gasteiger partial charge in [-0.05, 0) is 48.9 Å². The molecule has 2 aromatic carbocycles. The van der Waals surface area contributed by atoms with E-state index in [2.05, 4.69) is 22.5 Å². The number of alkyl halides is 3. The normalized spacial score (nSPS) is 10.7. The Morgan fingerprint density at radius 1 is 1.15 bits per heavy atom. The first-order chi connectivity index (χ1) is 12.8. The predicted octanol–water partition coefficient (Wildman–Crippen LogP) is 3.20. The summed E-state index contributed by atoms with van der Waals surface area (Å²) in [6.07, 6.45) is -4.36. The molecule has 0 bridgehead atoms. The van der Waals surface area contributed by atoms with Gasteiger partial charge in [0.1, 0.15) is 0 Å². The molecule has 0 fully saturated rings. The second kappa shape index (κ2) is 9.10. The fourth-order valence-corrected chi connectivity index (χ4v) is 2.37. The molecule has 27 heavy (non-hydrogen) atoms. The van der Waals surface area contributed by atoms with Crippen LogP contribution in [0.15, 0.2) is 42.5 Å². The van der Waals surface area contributed by atoms with E-state index in [1.165, 1.54) is 12.1 Å². The van der Waals surface area contributed by atoms with E-state index in [4.69, 9.17) is 5.11 Å². The maximum atomic E-state index is 12.5. The second-order valence-electron chi connectivity index (χ2n) is 5.69. The monoisotopic (exact) mass is 376 g/mol. The largest absolute Gasteiger partial charge is 0.416 e. The van der Waals surface area contributed by atoms with Gasteiger partial charge in [-0.1, -0.05) is 17.9 Å². The SMILES string of the molecule is Cc1c(NCC#Cc2ccc(C(F)(F)F)cc2)cccc1C(=O)NCCO. The van der Waals surface area contributed by atoms with Gasteiger partial charge in [0.25, 0.3) is 5.91 Å². The summed E-state index contributed by atoms with van der Waals surface area (Å²) in [6.45, 7) is 2.10. The Bertz CT molecular complexity index is 850. The first kappa shape index (κ1) is 20.3. The highest BCUT2D eigenvalue weighted by atomic mass is 19.4.